The minimum Gasteiger partial charge on any atom is -0.491 e. The highest BCUT2D eigenvalue weighted by atomic mass is 16.5. The van der Waals surface area contributed by atoms with Crippen LogP contribution in [-0.4, -0.2) is 51.0 Å². The number of likely N-dealkylation sites (tertiary alicyclic amines) is 1. The van der Waals surface area contributed by atoms with Crippen molar-refractivity contribution >= 4 is 5.91 Å². The van der Waals surface area contributed by atoms with Crippen molar-refractivity contribution in [1.82, 2.24) is 14.7 Å². The highest BCUT2D eigenvalue weighted by molar-refractivity contribution is 5.92. The Morgan fingerprint density at radius 1 is 1.32 bits per heavy atom. The third kappa shape index (κ3) is 3.85. The van der Waals surface area contributed by atoms with Crippen LogP contribution in [0.2, 0.25) is 0 Å². The van der Waals surface area contributed by atoms with E-state index >= 15 is 0 Å². The number of aromatic nitrogens is 2. The summed E-state index contributed by atoms with van der Waals surface area (Å²) >= 11 is 0. The molecule has 0 bridgehead atoms. The Balaban J connectivity index is 1.65. The molecule has 1 atom stereocenters. The fourth-order valence-corrected chi connectivity index (χ4v) is 3.17. The van der Waals surface area contributed by atoms with Gasteiger partial charge in [-0.25, -0.2) is 0 Å². The molecule has 2 aromatic rings. The Kier molecular flexibility index (Phi) is 4.81. The number of carbonyl (C=O) groups is 1. The van der Waals surface area contributed by atoms with Crippen LogP contribution in [0.3, 0.4) is 0 Å². The standard InChI is InChI=1S/C19H25N3O3/c1-14-5-6-16(11-15(14)2)25-13-19(24)8-4-10-22(12-19)18(23)17-7-9-20-21(17)3/h5-7,9,11,24H,4,8,10,12-13H2,1-3H3. The summed E-state index contributed by atoms with van der Waals surface area (Å²) in [7, 11) is 1.74. The Labute approximate surface area is 148 Å². The lowest BCUT2D eigenvalue weighted by Gasteiger charge is -2.38. The Hall–Kier alpha value is -2.34. The highest BCUT2D eigenvalue weighted by Crippen LogP contribution is 2.25. The van der Waals surface area contributed by atoms with Gasteiger partial charge in [-0.2, -0.15) is 5.10 Å². The maximum atomic E-state index is 12.6. The summed E-state index contributed by atoms with van der Waals surface area (Å²) in [6.45, 7) is 5.16. The van der Waals surface area contributed by atoms with Crippen LogP contribution < -0.4 is 4.74 Å². The molecule has 3 rings (SSSR count). The fourth-order valence-electron chi connectivity index (χ4n) is 3.17. The van der Waals surface area contributed by atoms with E-state index in [9.17, 15) is 9.90 Å². The number of rotatable bonds is 4. The molecule has 6 heteroatoms. The van der Waals surface area contributed by atoms with Crippen molar-refractivity contribution in [2.75, 3.05) is 19.7 Å². The maximum absolute atomic E-state index is 12.6. The minimum absolute atomic E-state index is 0.107. The average molecular weight is 343 g/mol. The van der Waals surface area contributed by atoms with Crippen molar-refractivity contribution < 1.29 is 14.6 Å². The van der Waals surface area contributed by atoms with Gasteiger partial charge in [0.1, 0.15) is 23.7 Å². The topological polar surface area (TPSA) is 67.6 Å². The molecule has 1 aromatic carbocycles. The lowest BCUT2D eigenvalue weighted by Crippen LogP contribution is -2.53. The Morgan fingerprint density at radius 2 is 2.12 bits per heavy atom. The smallest absolute Gasteiger partial charge is 0.272 e. The van der Waals surface area contributed by atoms with Gasteiger partial charge in [-0.15, -0.1) is 0 Å². The molecular weight excluding hydrogens is 318 g/mol. The van der Waals surface area contributed by atoms with Crippen LogP contribution in [0.5, 0.6) is 5.75 Å². The molecule has 1 unspecified atom stereocenters. The number of benzene rings is 1. The van der Waals surface area contributed by atoms with Crippen LogP contribution in [0.15, 0.2) is 30.5 Å². The number of hydrogen-bond acceptors (Lipinski definition) is 4. The average Bonchev–Trinajstić information content (AvgIpc) is 3.01. The van der Waals surface area contributed by atoms with Gasteiger partial charge >= 0.3 is 0 Å². The third-order valence-corrected chi connectivity index (χ3v) is 4.87. The van der Waals surface area contributed by atoms with Gasteiger partial charge in [0.15, 0.2) is 0 Å². The monoisotopic (exact) mass is 343 g/mol. The number of hydrogen-bond donors (Lipinski definition) is 1. The van der Waals surface area contributed by atoms with Gasteiger partial charge in [-0.05, 0) is 56.0 Å². The molecule has 1 aromatic heterocycles. The first-order valence-corrected chi connectivity index (χ1v) is 8.58. The van der Waals surface area contributed by atoms with Crippen LogP contribution in [-0.2, 0) is 7.05 Å². The summed E-state index contributed by atoms with van der Waals surface area (Å²) in [5.41, 5.74) is 1.85. The fraction of sp³-hybridized carbons (Fsp3) is 0.474. The van der Waals surface area contributed by atoms with Gasteiger partial charge in [0.2, 0.25) is 0 Å². The quantitative estimate of drug-likeness (QED) is 0.923. The minimum atomic E-state index is -1.04. The molecule has 1 aliphatic rings. The number of aliphatic hydroxyl groups is 1. The molecule has 1 N–H and O–H groups in total. The van der Waals surface area contributed by atoms with Gasteiger partial charge < -0.3 is 14.7 Å². The third-order valence-electron chi connectivity index (χ3n) is 4.87. The van der Waals surface area contributed by atoms with Gasteiger partial charge in [0, 0.05) is 19.8 Å². The number of carbonyl (C=O) groups excluding carboxylic acids is 1. The van der Waals surface area contributed by atoms with E-state index in [0.29, 0.717) is 18.7 Å². The first kappa shape index (κ1) is 17.5. The van der Waals surface area contributed by atoms with Crippen LogP contribution in [0.4, 0.5) is 0 Å². The number of aryl methyl sites for hydroxylation is 3. The predicted octanol–water partition coefficient (Wildman–Crippen LogP) is 2.08. The second-order valence-corrected chi connectivity index (χ2v) is 6.93. The predicted molar refractivity (Wildman–Crippen MR) is 94.7 cm³/mol. The van der Waals surface area contributed by atoms with E-state index in [4.69, 9.17) is 4.74 Å². The number of nitrogens with zero attached hydrogens (tertiary/aromatic N) is 3. The molecule has 1 aliphatic heterocycles. The van der Waals surface area contributed by atoms with Crippen LogP contribution in [0.25, 0.3) is 0 Å². The zero-order valence-corrected chi connectivity index (χ0v) is 15.0. The molecule has 134 valence electrons. The van der Waals surface area contributed by atoms with Gasteiger partial charge in [0.05, 0.1) is 6.54 Å². The van der Waals surface area contributed by atoms with Crippen molar-refractivity contribution in [2.45, 2.75) is 32.3 Å². The molecule has 6 nitrogen and oxygen atoms in total. The largest absolute Gasteiger partial charge is 0.491 e. The molecule has 25 heavy (non-hydrogen) atoms. The van der Waals surface area contributed by atoms with Crippen molar-refractivity contribution in [3.05, 3.63) is 47.3 Å². The normalized spacial score (nSPS) is 20.6. The van der Waals surface area contributed by atoms with Crippen LogP contribution in [0, 0.1) is 13.8 Å². The van der Waals surface area contributed by atoms with Gasteiger partial charge in [-0.1, -0.05) is 6.07 Å². The SMILES string of the molecule is Cc1ccc(OCC2(O)CCCN(C(=O)c3ccnn3C)C2)cc1C. The van der Waals surface area contributed by atoms with E-state index in [-0.39, 0.29) is 19.1 Å². The lowest BCUT2D eigenvalue weighted by atomic mass is 9.93. The molecule has 1 amide bonds. The van der Waals surface area contributed by atoms with Crippen LogP contribution in [0.1, 0.15) is 34.5 Å². The zero-order chi connectivity index (χ0) is 18.0. The summed E-state index contributed by atoms with van der Waals surface area (Å²) in [5.74, 6) is 0.635. The van der Waals surface area contributed by atoms with Gasteiger partial charge in [0.25, 0.3) is 5.91 Å². The molecule has 0 radical (unpaired) electrons. The first-order valence-electron chi connectivity index (χ1n) is 8.58. The second-order valence-electron chi connectivity index (χ2n) is 6.93. The first-order chi connectivity index (χ1) is 11.9. The van der Waals surface area contributed by atoms with E-state index in [2.05, 4.69) is 12.0 Å². The van der Waals surface area contributed by atoms with E-state index in [1.165, 1.54) is 5.56 Å². The summed E-state index contributed by atoms with van der Waals surface area (Å²) in [4.78, 5) is 14.3. The van der Waals surface area contributed by atoms with Gasteiger partial charge in [-0.3, -0.25) is 9.48 Å². The molecule has 0 aliphatic carbocycles. The molecule has 0 spiro atoms. The van der Waals surface area contributed by atoms with E-state index in [0.717, 1.165) is 17.7 Å². The highest BCUT2D eigenvalue weighted by Gasteiger charge is 2.36. The van der Waals surface area contributed by atoms with E-state index in [1.54, 1.807) is 28.9 Å². The summed E-state index contributed by atoms with van der Waals surface area (Å²) < 4.78 is 7.38. The van der Waals surface area contributed by atoms with Crippen LogP contribution >= 0.6 is 0 Å². The number of ether oxygens (including phenoxy) is 1. The van der Waals surface area contributed by atoms with Crippen molar-refractivity contribution in [3.63, 3.8) is 0 Å². The molecule has 1 fully saturated rings. The zero-order valence-electron chi connectivity index (χ0n) is 15.0. The van der Waals surface area contributed by atoms with Crippen molar-refractivity contribution in [2.24, 2.45) is 7.05 Å². The molecular formula is C19H25N3O3. The molecule has 1 saturated heterocycles. The molecule has 0 saturated carbocycles. The molecule has 2 heterocycles. The number of β-amino-alcohol motifs (C(OH)–C–C–N with tert-alkyl or cyclic N) is 1. The lowest BCUT2D eigenvalue weighted by molar-refractivity contribution is -0.0534. The Morgan fingerprint density at radius 3 is 2.80 bits per heavy atom. The summed E-state index contributed by atoms with van der Waals surface area (Å²) in [6.07, 6.45) is 2.97. The van der Waals surface area contributed by atoms with E-state index in [1.807, 2.05) is 25.1 Å². The second kappa shape index (κ2) is 6.88. The number of piperidine rings is 1. The summed E-state index contributed by atoms with van der Waals surface area (Å²) in [5, 5.41) is 14.9. The maximum Gasteiger partial charge on any atom is 0.272 e. The van der Waals surface area contributed by atoms with E-state index < -0.39 is 5.60 Å². The van der Waals surface area contributed by atoms with Crippen molar-refractivity contribution in [3.8, 4) is 5.75 Å². The number of amides is 1. The van der Waals surface area contributed by atoms with Crippen molar-refractivity contribution in [1.29, 1.82) is 0 Å². The summed E-state index contributed by atoms with van der Waals surface area (Å²) in [6, 6.07) is 7.59. The Bertz CT molecular complexity index is 771.